The molecular formula is C27H33FN6O. The minimum Gasteiger partial charge on any atom is -0.393 e. The van der Waals surface area contributed by atoms with Gasteiger partial charge >= 0.3 is 0 Å². The van der Waals surface area contributed by atoms with E-state index < -0.39 is 0 Å². The van der Waals surface area contributed by atoms with Crippen molar-refractivity contribution in [2.45, 2.75) is 63.1 Å². The Balaban J connectivity index is 1.30. The molecular weight excluding hydrogens is 443 g/mol. The Bertz CT molecular complexity index is 1080. The molecule has 1 saturated heterocycles. The summed E-state index contributed by atoms with van der Waals surface area (Å²) in [5, 5.41) is 16.8. The second-order valence-corrected chi connectivity index (χ2v) is 9.65. The largest absolute Gasteiger partial charge is 0.393 e. The van der Waals surface area contributed by atoms with E-state index in [4.69, 9.17) is 4.98 Å². The predicted octanol–water partition coefficient (Wildman–Crippen LogP) is 4.85. The summed E-state index contributed by atoms with van der Waals surface area (Å²) in [5.41, 5.74) is 3.00. The van der Waals surface area contributed by atoms with Gasteiger partial charge in [-0.1, -0.05) is 6.07 Å². The molecule has 1 aromatic carbocycles. The van der Waals surface area contributed by atoms with Crippen molar-refractivity contribution in [3.8, 4) is 0 Å². The summed E-state index contributed by atoms with van der Waals surface area (Å²) in [6.45, 7) is 2.89. The molecule has 3 heterocycles. The van der Waals surface area contributed by atoms with Gasteiger partial charge < -0.3 is 15.7 Å². The van der Waals surface area contributed by atoms with E-state index in [1.165, 1.54) is 12.1 Å². The fraction of sp³-hybridized carbons (Fsp3) is 0.444. The number of anilines is 3. The van der Waals surface area contributed by atoms with Gasteiger partial charge in [0.1, 0.15) is 11.6 Å². The number of hydrogen-bond donors (Lipinski definition) is 3. The van der Waals surface area contributed by atoms with Gasteiger partial charge in [-0.05, 0) is 93.9 Å². The van der Waals surface area contributed by atoms with Gasteiger partial charge in [-0.2, -0.15) is 4.98 Å². The molecule has 1 saturated carbocycles. The van der Waals surface area contributed by atoms with Crippen LogP contribution in [-0.4, -0.2) is 50.2 Å². The first kappa shape index (κ1) is 23.6. The standard InChI is InChI=1S/C27H33FN6O/c28-20-4-6-22(7-5-20)32-27-30-17-25(26(33-27)31-21-8-10-24(35)11-9-21)19-12-15-34(16-13-19)18-23-3-1-2-14-29-23/h1-7,14,17,19,21,24,35H,8-13,15-16,18H2,(H2,30,31,32,33). The molecule has 8 heteroatoms. The summed E-state index contributed by atoms with van der Waals surface area (Å²) in [7, 11) is 0. The first-order valence-electron chi connectivity index (χ1n) is 12.6. The minimum absolute atomic E-state index is 0.197. The van der Waals surface area contributed by atoms with Crippen molar-refractivity contribution < 1.29 is 9.50 Å². The highest BCUT2D eigenvalue weighted by Crippen LogP contribution is 2.34. The fourth-order valence-electron chi connectivity index (χ4n) is 5.06. The summed E-state index contributed by atoms with van der Waals surface area (Å²) in [6.07, 6.45) is 9.15. The molecule has 184 valence electrons. The number of aliphatic hydroxyl groups excluding tert-OH is 1. The van der Waals surface area contributed by atoms with Crippen LogP contribution in [0, 0.1) is 5.82 Å². The maximum Gasteiger partial charge on any atom is 0.229 e. The molecule has 0 spiro atoms. The van der Waals surface area contributed by atoms with Gasteiger partial charge in [0, 0.05) is 36.2 Å². The highest BCUT2D eigenvalue weighted by atomic mass is 19.1. The van der Waals surface area contributed by atoms with E-state index in [-0.39, 0.29) is 18.0 Å². The Morgan fingerprint density at radius 1 is 0.943 bits per heavy atom. The summed E-state index contributed by atoms with van der Waals surface area (Å²) in [6, 6.07) is 12.6. The number of pyridine rings is 1. The maximum absolute atomic E-state index is 13.3. The molecule has 35 heavy (non-hydrogen) atoms. The lowest BCUT2D eigenvalue weighted by Gasteiger charge is -2.33. The van der Waals surface area contributed by atoms with Gasteiger partial charge in [-0.3, -0.25) is 9.88 Å². The van der Waals surface area contributed by atoms with E-state index in [0.717, 1.165) is 80.9 Å². The Labute approximate surface area is 205 Å². The van der Waals surface area contributed by atoms with Crippen LogP contribution in [0.2, 0.25) is 0 Å². The van der Waals surface area contributed by atoms with E-state index in [9.17, 15) is 9.50 Å². The lowest BCUT2D eigenvalue weighted by molar-refractivity contribution is 0.126. The van der Waals surface area contributed by atoms with Crippen molar-refractivity contribution in [1.29, 1.82) is 0 Å². The zero-order valence-electron chi connectivity index (χ0n) is 19.9. The van der Waals surface area contributed by atoms with Crippen molar-refractivity contribution in [3.63, 3.8) is 0 Å². The van der Waals surface area contributed by atoms with Crippen LogP contribution in [0.4, 0.5) is 21.8 Å². The zero-order chi connectivity index (χ0) is 24.0. The molecule has 3 aromatic rings. The fourth-order valence-corrected chi connectivity index (χ4v) is 5.06. The third-order valence-electron chi connectivity index (χ3n) is 7.09. The van der Waals surface area contributed by atoms with E-state index in [0.29, 0.717) is 11.9 Å². The van der Waals surface area contributed by atoms with Gasteiger partial charge in [-0.25, -0.2) is 9.37 Å². The Hall–Kier alpha value is -3.10. The average Bonchev–Trinajstić information content (AvgIpc) is 2.88. The van der Waals surface area contributed by atoms with Crippen LogP contribution >= 0.6 is 0 Å². The molecule has 0 radical (unpaired) electrons. The van der Waals surface area contributed by atoms with E-state index >= 15 is 0 Å². The van der Waals surface area contributed by atoms with E-state index in [2.05, 4.69) is 31.6 Å². The molecule has 2 fully saturated rings. The summed E-state index contributed by atoms with van der Waals surface area (Å²) >= 11 is 0. The third kappa shape index (κ3) is 6.32. The molecule has 1 aliphatic carbocycles. The number of benzene rings is 1. The van der Waals surface area contributed by atoms with Crippen LogP contribution in [0.5, 0.6) is 0 Å². The zero-order valence-corrected chi connectivity index (χ0v) is 19.9. The van der Waals surface area contributed by atoms with Crippen molar-refractivity contribution in [2.24, 2.45) is 0 Å². The number of aliphatic hydroxyl groups is 1. The van der Waals surface area contributed by atoms with Crippen molar-refractivity contribution in [2.75, 3.05) is 23.7 Å². The van der Waals surface area contributed by atoms with Crippen LogP contribution < -0.4 is 10.6 Å². The van der Waals surface area contributed by atoms with Crippen LogP contribution in [-0.2, 0) is 6.54 Å². The van der Waals surface area contributed by atoms with E-state index in [1.54, 1.807) is 12.1 Å². The smallest absolute Gasteiger partial charge is 0.229 e. The lowest BCUT2D eigenvalue weighted by atomic mass is 9.89. The van der Waals surface area contributed by atoms with Gasteiger partial charge in [0.05, 0.1) is 11.8 Å². The van der Waals surface area contributed by atoms with Crippen molar-refractivity contribution in [1.82, 2.24) is 19.9 Å². The number of nitrogens with zero attached hydrogens (tertiary/aromatic N) is 4. The van der Waals surface area contributed by atoms with Gasteiger partial charge in [-0.15, -0.1) is 0 Å². The monoisotopic (exact) mass is 476 g/mol. The summed E-state index contributed by atoms with van der Waals surface area (Å²) in [5.74, 6) is 1.47. The second-order valence-electron chi connectivity index (χ2n) is 9.65. The summed E-state index contributed by atoms with van der Waals surface area (Å²) in [4.78, 5) is 16.4. The molecule has 0 unspecified atom stereocenters. The first-order valence-corrected chi connectivity index (χ1v) is 12.6. The van der Waals surface area contributed by atoms with Crippen molar-refractivity contribution in [3.05, 3.63) is 71.9 Å². The van der Waals surface area contributed by atoms with Crippen molar-refractivity contribution >= 4 is 17.5 Å². The summed E-state index contributed by atoms with van der Waals surface area (Å²) < 4.78 is 13.3. The Kier molecular flexibility index (Phi) is 7.49. The molecule has 5 rings (SSSR count). The second kappa shape index (κ2) is 11.1. The maximum atomic E-state index is 13.3. The SMILES string of the molecule is OC1CCC(Nc2nc(Nc3ccc(F)cc3)ncc2C2CCN(Cc3ccccn3)CC2)CC1. The van der Waals surface area contributed by atoms with Gasteiger partial charge in [0.2, 0.25) is 5.95 Å². The van der Waals surface area contributed by atoms with Crippen LogP contribution in [0.3, 0.4) is 0 Å². The normalized spacial score (nSPS) is 21.5. The van der Waals surface area contributed by atoms with Gasteiger partial charge in [0.15, 0.2) is 0 Å². The number of likely N-dealkylation sites (tertiary alicyclic amines) is 1. The Morgan fingerprint density at radius 2 is 1.71 bits per heavy atom. The molecule has 2 aromatic heterocycles. The first-order chi connectivity index (χ1) is 17.1. The van der Waals surface area contributed by atoms with Gasteiger partial charge in [0.25, 0.3) is 0 Å². The molecule has 0 amide bonds. The number of piperidine rings is 1. The molecule has 0 bridgehead atoms. The molecule has 1 aliphatic heterocycles. The number of aromatic nitrogens is 3. The predicted molar refractivity (Wildman–Crippen MR) is 135 cm³/mol. The lowest BCUT2D eigenvalue weighted by Crippen LogP contribution is -2.33. The molecule has 0 atom stereocenters. The number of rotatable bonds is 7. The average molecular weight is 477 g/mol. The highest BCUT2D eigenvalue weighted by molar-refractivity contribution is 5.57. The number of hydrogen-bond acceptors (Lipinski definition) is 7. The number of nitrogens with one attached hydrogen (secondary N) is 2. The Morgan fingerprint density at radius 3 is 2.43 bits per heavy atom. The number of halogens is 1. The van der Waals surface area contributed by atoms with Crippen LogP contribution in [0.1, 0.15) is 55.7 Å². The van der Waals surface area contributed by atoms with Crippen LogP contribution in [0.15, 0.2) is 54.9 Å². The molecule has 7 nitrogen and oxygen atoms in total. The highest BCUT2D eigenvalue weighted by Gasteiger charge is 2.26. The topological polar surface area (TPSA) is 86.2 Å². The van der Waals surface area contributed by atoms with Crippen LogP contribution in [0.25, 0.3) is 0 Å². The minimum atomic E-state index is -0.275. The van der Waals surface area contributed by atoms with E-state index in [1.807, 2.05) is 24.5 Å². The molecule has 2 aliphatic rings. The molecule has 3 N–H and O–H groups in total. The quantitative estimate of drug-likeness (QED) is 0.449. The third-order valence-corrected chi connectivity index (χ3v) is 7.09.